The van der Waals surface area contributed by atoms with Gasteiger partial charge in [-0.15, -0.1) is 0 Å². The van der Waals surface area contributed by atoms with Gasteiger partial charge in [0.1, 0.15) is 0 Å². The molecule has 1 unspecified atom stereocenters. The number of aliphatic hydroxyl groups is 1. The second kappa shape index (κ2) is 8.67. The third-order valence-electron chi connectivity index (χ3n) is 2.80. The fourth-order valence-corrected chi connectivity index (χ4v) is 2.09. The highest BCUT2D eigenvalue weighted by Gasteiger charge is 2.08. The normalized spacial score (nSPS) is 12.6. The first-order valence-electron chi connectivity index (χ1n) is 6.19. The van der Waals surface area contributed by atoms with Gasteiger partial charge in [0.15, 0.2) is 0 Å². The third kappa shape index (κ3) is 6.20. The third-order valence-corrected chi connectivity index (χ3v) is 3.33. The summed E-state index contributed by atoms with van der Waals surface area (Å²) < 4.78 is 6.40. The molecule has 0 saturated heterocycles. The van der Waals surface area contributed by atoms with Crippen LogP contribution in [0.3, 0.4) is 0 Å². The summed E-state index contributed by atoms with van der Waals surface area (Å²) in [6.45, 7) is 3.83. The van der Waals surface area contributed by atoms with E-state index in [2.05, 4.69) is 28.1 Å². The second-order valence-electron chi connectivity index (χ2n) is 4.22. The van der Waals surface area contributed by atoms with E-state index in [1.807, 2.05) is 19.1 Å². The molecule has 0 radical (unpaired) electrons. The molecule has 0 bridgehead atoms. The van der Waals surface area contributed by atoms with Crippen LogP contribution in [0.2, 0.25) is 0 Å². The van der Waals surface area contributed by atoms with Crippen molar-refractivity contribution in [3.63, 3.8) is 0 Å². The molecule has 0 fully saturated rings. The van der Waals surface area contributed by atoms with Gasteiger partial charge in [-0.1, -0.05) is 28.1 Å². The largest absolute Gasteiger partial charge is 0.396 e. The van der Waals surface area contributed by atoms with Gasteiger partial charge in [-0.3, -0.25) is 0 Å². The molecule has 0 saturated carbocycles. The van der Waals surface area contributed by atoms with Gasteiger partial charge in [-0.25, -0.2) is 0 Å². The predicted molar refractivity (Wildman–Crippen MR) is 74.1 cm³/mol. The van der Waals surface area contributed by atoms with Gasteiger partial charge >= 0.3 is 0 Å². The van der Waals surface area contributed by atoms with Crippen LogP contribution < -0.4 is 0 Å². The SMILES string of the molecule is CCOCCCC(CO)Cc1ccc(Br)cc1. The molecule has 1 rings (SSSR count). The molecular weight excluding hydrogens is 280 g/mol. The van der Waals surface area contributed by atoms with Gasteiger partial charge in [0.2, 0.25) is 0 Å². The monoisotopic (exact) mass is 300 g/mol. The number of aliphatic hydroxyl groups excluding tert-OH is 1. The minimum Gasteiger partial charge on any atom is -0.396 e. The van der Waals surface area contributed by atoms with Crippen molar-refractivity contribution in [2.75, 3.05) is 19.8 Å². The lowest BCUT2D eigenvalue weighted by molar-refractivity contribution is 0.132. The summed E-state index contributed by atoms with van der Waals surface area (Å²) in [5, 5.41) is 9.35. The highest BCUT2D eigenvalue weighted by Crippen LogP contribution is 2.16. The first kappa shape index (κ1) is 14.7. The molecule has 0 spiro atoms. The summed E-state index contributed by atoms with van der Waals surface area (Å²) in [7, 11) is 0. The van der Waals surface area contributed by atoms with Gasteiger partial charge in [0.05, 0.1) is 0 Å². The van der Waals surface area contributed by atoms with Crippen molar-refractivity contribution in [2.45, 2.75) is 26.2 Å². The molecule has 0 heterocycles. The number of rotatable bonds is 8. The molecule has 0 aliphatic rings. The Kier molecular flexibility index (Phi) is 7.49. The van der Waals surface area contributed by atoms with E-state index in [0.717, 1.165) is 36.9 Å². The molecule has 17 heavy (non-hydrogen) atoms. The molecule has 0 aromatic heterocycles. The van der Waals surface area contributed by atoms with Crippen LogP contribution >= 0.6 is 15.9 Å². The van der Waals surface area contributed by atoms with E-state index >= 15 is 0 Å². The van der Waals surface area contributed by atoms with Crippen molar-refractivity contribution in [3.05, 3.63) is 34.3 Å². The fraction of sp³-hybridized carbons (Fsp3) is 0.571. The molecule has 0 aliphatic heterocycles. The highest BCUT2D eigenvalue weighted by atomic mass is 79.9. The van der Waals surface area contributed by atoms with Crippen molar-refractivity contribution in [2.24, 2.45) is 5.92 Å². The highest BCUT2D eigenvalue weighted by molar-refractivity contribution is 9.10. The van der Waals surface area contributed by atoms with Crippen LogP contribution in [0.4, 0.5) is 0 Å². The first-order valence-corrected chi connectivity index (χ1v) is 6.98. The minimum absolute atomic E-state index is 0.252. The molecule has 3 heteroatoms. The van der Waals surface area contributed by atoms with Crippen LogP contribution in [0.15, 0.2) is 28.7 Å². The standard InChI is InChI=1S/C14H21BrO2/c1-2-17-9-3-4-13(11-16)10-12-5-7-14(15)8-6-12/h5-8,13,16H,2-4,9-11H2,1H3. The van der Waals surface area contributed by atoms with E-state index in [9.17, 15) is 5.11 Å². The van der Waals surface area contributed by atoms with E-state index in [1.165, 1.54) is 5.56 Å². The van der Waals surface area contributed by atoms with E-state index in [-0.39, 0.29) is 6.61 Å². The maximum Gasteiger partial charge on any atom is 0.0466 e. The average Bonchev–Trinajstić information content (AvgIpc) is 2.35. The Balaban J connectivity index is 2.33. The quantitative estimate of drug-likeness (QED) is 0.746. The van der Waals surface area contributed by atoms with E-state index in [4.69, 9.17) is 4.74 Å². The number of benzene rings is 1. The molecule has 0 aliphatic carbocycles. The average molecular weight is 301 g/mol. The Bertz CT molecular complexity index is 298. The van der Waals surface area contributed by atoms with Crippen LogP contribution in [0.5, 0.6) is 0 Å². The minimum atomic E-state index is 0.252. The number of hydrogen-bond acceptors (Lipinski definition) is 2. The molecule has 1 atom stereocenters. The van der Waals surface area contributed by atoms with Crippen LogP contribution in [0.1, 0.15) is 25.3 Å². The zero-order valence-corrected chi connectivity index (χ0v) is 11.9. The summed E-state index contributed by atoms with van der Waals surface area (Å²) in [5.41, 5.74) is 1.28. The van der Waals surface area contributed by atoms with Crippen molar-refractivity contribution in [1.82, 2.24) is 0 Å². The van der Waals surface area contributed by atoms with Gasteiger partial charge in [0.25, 0.3) is 0 Å². The van der Waals surface area contributed by atoms with Crippen LogP contribution in [0.25, 0.3) is 0 Å². The zero-order chi connectivity index (χ0) is 12.5. The number of ether oxygens (including phenoxy) is 1. The van der Waals surface area contributed by atoms with Gasteiger partial charge in [-0.05, 0) is 49.8 Å². The summed E-state index contributed by atoms with van der Waals surface area (Å²) in [6.07, 6.45) is 2.98. The fourth-order valence-electron chi connectivity index (χ4n) is 1.83. The summed E-state index contributed by atoms with van der Waals surface area (Å²) >= 11 is 3.42. The molecule has 1 aromatic rings. The Morgan fingerprint density at radius 3 is 2.59 bits per heavy atom. The van der Waals surface area contributed by atoms with Crippen molar-refractivity contribution in [3.8, 4) is 0 Å². The summed E-state index contributed by atoms with van der Waals surface area (Å²) in [4.78, 5) is 0. The maximum absolute atomic E-state index is 9.35. The molecule has 0 amide bonds. The van der Waals surface area contributed by atoms with Crippen molar-refractivity contribution < 1.29 is 9.84 Å². The Hall–Kier alpha value is -0.380. The lowest BCUT2D eigenvalue weighted by Gasteiger charge is -2.14. The van der Waals surface area contributed by atoms with Gasteiger partial charge in [-0.2, -0.15) is 0 Å². The zero-order valence-electron chi connectivity index (χ0n) is 10.4. The summed E-state index contributed by atoms with van der Waals surface area (Å²) in [5.74, 6) is 0.344. The van der Waals surface area contributed by atoms with Crippen molar-refractivity contribution >= 4 is 15.9 Å². The maximum atomic E-state index is 9.35. The van der Waals surface area contributed by atoms with Crippen LogP contribution in [-0.2, 0) is 11.2 Å². The smallest absolute Gasteiger partial charge is 0.0466 e. The lowest BCUT2D eigenvalue weighted by Crippen LogP contribution is -2.11. The first-order chi connectivity index (χ1) is 8.26. The predicted octanol–water partition coefficient (Wildman–Crippen LogP) is 3.42. The van der Waals surface area contributed by atoms with Gasteiger partial charge in [0, 0.05) is 24.3 Å². The Morgan fingerprint density at radius 2 is 2.00 bits per heavy atom. The Morgan fingerprint density at radius 1 is 1.29 bits per heavy atom. The lowest BCUT2D eigenvalue weighted by atomic mass is 9.96. The van der Waals surface area contributed by atoms with Crippen molar-refractivity contribution in [1.29, 1.82) is 0 Å². The number of halogens is 1. The Labute approximate surface area is 112 Å². The van der Waals surface area contributed by atoms with Crippen LogP contribution in [-0.4, -0.2) is 24.9 Å². The molecule has 1 N–H and O–H groups in total. The molecule has 1 aromatic carbocycles. The summed E-state index contributed by atoms with van der Waals surface area (Å²) in [6, 6.07) is 8.30. The molecular formula is C14H21BrO2. The number of hydrogen-bond donors (Lipinski definition) is 1. The van der Waals surface area contributed by atoms with Gasteiger partial charge < -0.3 is 9.84 Å². The second-order valence-corrected chi connectivity index (χ2v) is 5.13. The van der Waals surface area contributed by atoms with Crippen LogP contribution in [0, 0.1) is 5.92 Å². The van der Waals surface area contributed by atoms with E-state index in [1.54, 1.807) is 0 Å². The molecule has 96 valence electrons. The van der Waals surface area contributed by atoms with E-state index < -0.39 is 0 Å². The van der Waals surface area contributed by atoms with E-state index in [0.29, 0.717) is 5.92 Å². The topological polar surface area (TPSA) is 29.5 Å². The molecule has 2 nitrogen and oxygen atoms in total.